The Balaban J connectivity index is 2.85. The zero-order valence-corrected chi connectivity index (χ0v) is 9.59. The first-order valence-corrected chi connectivity index (χ1v) is 5.37. The Morgan fingerprint density at radius 1 is 1.62 bits per heavy atom. The minimum Gasteiger partial charge on any atom is -0.480 e. The smallest absolute Gasteiger partial charge is 0.326 e. The van der Waals surface area contributed by atoms with Crippen molar-refractivity contribution in [3.05, 3.63) is 29.0 Å². The third kappa shape index (κ3) is 3.10. The molecule has 0 aliphatic rings. The molecule has 0 fully saturated rings. The lowest BCUT2D eigenvalue weighted by atomic mass is 10.1. The summed E-state index contributed by atoms with van der Waals surface area (Å²) in [5.74, 6) is -1.62. The molecule has 1 aromatic rings. The van der Waals surface area contributed by atoms with Crippen LogP contribution in [-0.2, 0) is 4.79 Å². The van der Waals surface area contributed by atoms with Crippen molar-refractivity contribution in [3.63, 3.8) is 0 Å². The van der Waals surface area contributed by atoms with Gasteiger partial charge < -0.3 is 10.4 Å². The maximum absolute atomic E-state index is 13.5. The van der Waals surface area contributed by atoms with Crippen molar-refractivity contribution < 1.29 is 14.3 Å². The van der Waals surface area contributed by atoms with Crippen LogP contribution >= 0.6 is 11.6 Å². The summed E-state index contributed by atoms with van der Waals surface area (Å²) in [7, 11) is 0. The number of rotatable bonds is 5. The van der Waals surface area contributed by atoms with E-state index in [-0.39, 0.29) is 10.7 Å². The van der Waals surface area contributed by atoms with Gasteiger partial charge in [0, 0.05) is 0 Å². The second-order valence-corrected chi connectivity index (χ2v) is 3.83. The Kier molecular flexibility index (Phi) is 4.55. The molecule has 0 radical (unpaired) electrons. The molecular formula is C11H13ClFNO2. The van der Waals surface area contributed by atoms with Crippen molar-refractivity contribution in [3.8, 4) is 0 Å². The summed E-state index contributed by atoms with van der Waals surface area (Å²) in [6.45, 7) is 1.87. The molecule has 0 amide bonds. The Morgan fingerprint density at radius 2 is 2.31 bits per heavy atom. The van der Waals surface area contributed by atoms with Gasteiger partial charge in [0.2, 0.25) is 0 Å². The molecule has 0 heterocycles. The molecule has 2 N–H and O–H groups in total. The fourth-order valence-corrected chi connectivity index (χ4v) is 1.52. The molecule has 1 atom stereocenters. The van der Waals surface area contributed by atoms with Crippen molar-refractivity contribution in [2.75, 3.05) is 5.32 Å². The van der Waals surface area contributed by atoms with Crippen LogP contribution in [0.25, 0.3) is 0 Å². The molecule has 1 unspecified atom stereocenters. The lowest BCUT2D eigenvalue weighted by molar-refractivity contribution is -0.138. The zero-order chi connectivity index (χ0) is 12.1. The van der Waals surface area contributed by atoms with E-state index in [1.54, 1.807) is 6.07 Å². The van der Waals surface area contributed by atoms with E-state index in [1.807, 2.05) is 6.92 Å². The second kappa shape index (κ2) is 5.70. The van der Waals surface area contributed by atoms with Gasteiger partial charge in [0.05, 0.1) is 10.7 Å². The highest BCUT2D eigenvalue weighted by atomic mass is 35.5. The average Bonchev–Trinajstić information content (AvgIpc) is 2.23. The second-order valence-electron chi connectivity index (χ2n) is 3.43. The summed E-state index contributed by atoms with van der Waals surface area (Å²) >= 11 is 5.59. The highest BCUT2D eigenvalue weighted by Crippen LogP contribution is 2.23. The summed E-state index contributed by atoms with van der Waals surface area (Å²) < 4.78 is 13.5. The topological polar surface area (TPSA) is 49.3 Å². The van der Waals surface area contributed by atoms with Crippen molar-refractivity contribution in [2.45, 2.75) is 25.8 Å². The largest absolute Gasteiger partial charge is 0.480 e. The van der Waals surface area contributed by atoms with Crippen LogP contribution in [0.4, 0.5) is 10.1 Å². The zero-order valence-electron chi connectivity index (χ0n) is 8.84. The van der Waals surface area contributed by atoms with Crippen LogP contribution in [-0.4, -0.2) is 17.1 Å². The summed E-state index contributed by atoms with van der Waals surface area (Å²) in [5, 5.41) is 11.5. The van der Waals surface area contributed by atoms with E-state index < -0.39 is 17.8 Å². The predicted octanol–water partition coefficient (Wildman–Crippen LogP) is 3.14. The molecule has 0 aliphatic heterocycles. The SMILES string of the molecule is CCCC(Nc1cccc(Cl)c1F)C(=O)O. The number of halogens is 2. The highest BCUT2D eigenvalue weighted by Gasteiger charge is 2.18. The van der Waals surface area contributed by atoms with Gasteiger partial charge in [-0.3, -0.25) is 0 Å². The Labute approximate surface area is 98.2 Å². The van der Waals surface area contributed by atoms with E-state index >= 15 is 0 Å². The van der Waals surface area contributed by atoms with Gasteiger partial charge in [-0.15, -0.1) is 0 Å². The molecular weight excluding hydrogens is 233 g/mol. The van der Waals surface area contributed by atoms with Gasteiger partial charge in [-0.05, 0) is 18.6 Å². The first-order chi connectivity index (χ1) is 7.56. The van der Waals surface area contributed by atoms with Gasteiger partial charge in [0.1, 0.15) is 6.04 Å². The van der Waals surface area contributed by atoms with E-state index in [0.717, 1.165) is 0 Å². The van der Waals surface area contributed by atoms with Gasteiger partial charge in [0.25, 0.3) is 0 Å². The number of carboxylic acids is 1. The first-order valence-electron chi connectivity index (χ1n) is 4.99. The van der Waals surface area contributed by atoms with Crippen LogP contribution < -0.4 is 5.32 Å². The number of carbonyl (C=O) groups is 1. The van der Waals surface area contributed by atoms with E-state index in [9.17, 15) is 9.18 Å². The van der Waals surface area contributed by atoms with E-state index in [1.165, 1.54) is 12.1 Å². The maximum atomic E-state index is 13.5. The van der Waals surface area contributed by atoms with Crippen LogP contribution in [0, 0.1) is 5.82 Å². The Bertz CT molecular complexity index is 384. The van der Waals surface area contributed by atoms with Crippen LogP contribution in [0.3, 0.4) is 0 Å². The maximum Gasteiger partial charge on any atom is 0.326 e. The third-order valence-corrected chi connectivity index (χ3v) is 2.45. The minimum absolute atomic E-state index is 0.0226. The third-order valence-electron chi connectivity index (χ3n) is 2.16. The number of hydrogen-bond donors (Lipinski definition) is 2. The molecule has 0 aliphatic carbocycles. The van der Waals surface area contributed by atoms with Gasteiger partial charge in [-0.25, -0.2) is 9.18 Å². The molecule has 0 bridgehead atoms. The highest BCUT2D eigenvalue weighted by molar-refractivity contribution is 6.31. The molecule has 3 nitrogen and oxygen atoms in total. The van der Waals surface area contributed by atoms with Crippen LogP contribution in [0.1, 0.15) is 19.8 Å². The summed E-state index contributed by atoms with van der Waals surface area (Å²) in [6, 6.07) is 3.65. The average molecular weight is 246 g/mol. The fraction of sp³-hybridized carbons (Fsp3) is 0.364. The number of aliphatic carboxylic acids is 1. The van der Waals surface area contributed by atoms with Crippen molar-refractivity contribution in [1.29, 1.82) is 0 Å². The van der Waals surface area contributed by atoms with E-state index in [2.05, 4.69) is 5.32 Å². The van der Waals surface area contributed by atoms with Gasteiger partial charge >= 0.3 is 5.97 Å². The molecule has 0 saturated carbocycles. The molecule has 5 heteroatoms. The number of carboxylic acid groups (broad SMARTS) is 1. The fourth-order valence-electron chi connectivity index (χ4n) is 1.35. The van der Waals surface area contributed by atoms with Crippen LogP contribution in [0.15, 0.2) is 18.2 Å². The molecule has 0 spiro atoms. The Morgan fingerprint density at radius 3 is 2.88 bits per heavy atom. The van der Waals surface area contributed by atoms with Crippen LogP contribution in [0.2, 0.25) is 5.02 Å². The van der Waals surface area contributed by atoms with Crippen molar-refractivity contribution >= 4 is 23.3 Å². The molecule has 0 saturated heterocycles. The molecule has 1 rings (SSSR count). The summed E-state index contributed by atoms with van der Waals surface area (Å²) in [6.07, 6.45) is 1.13. The summed E-state index contributed by atoms with van der Waals surface area (Å²) in [5.41, 5.74) is 0.119. The van der Waals surface area contributed by atoms with Gasteiger partial charge in [0.15, 0.2) is 5.82 Å². The molecule has 0 aromatic heterocycles. The van der Waals surface area contributed by atoms with Crippen molar-refractivity contribution in [1.82, 2.24) is 0 Å². The molecule has 88 valence electrons. The summed E-state index contributed by atoms with van der Waals surface area (Å²) in [4.78, 5) is 10.9. The molecule has 1 aromatic carbocycles. The van der Waals surface area contributed by atoms with Crippen molar-refractivity contribution in [2.24, 2.45) is 0 Å². The Hall–Kier alpha value is -1.29. The quantitative estimate of drug-likeness (QED) is 0.838. The van der Waals surface area contributed by atoms with E-state index in [0.29, 0.717) is 12.8 Å². The van der Waals surface area contributed by atoms with Crippen LogP contribution in [0.5, 0.6) is 0 Å². The number of benzene rings is 1. The number of hydrogen-bond acceptors (Lipinski definition) is 2. The predicted molar refractivity (Wildman–Crippen MR) is 61.4 cm³/mol. The van der Waals surface area contributed by atoms with E-state index in [4.69, 9.17) is 16.7 Å². The molecule has 16 heavy (non-hydrogen) atoms. The first kappa shape index (κ1) is 12.8. The number of nitrogens with one attached hydrogen (secondary N) is 1. The monoisotopic (exact) mass is 245 g/mol. The minimum atomic E-state index is -0.999. The van der Waals surface area contributed by atoms with Gasteiger partial charge in [-0.1, -0.05) is 31.0 Å². The normalized spacial score (nSPS) is 12.2. The number of anilines is 1. The van der Waals surface area contributed by atoms with Gasteiger partial charge in [-0.2, -0.15) is 0 Å². The standard InChI is InChI=1S/C11H13ClFNO2/c1-2-4-9(11(15)16)14-8-6-3-5-7(12)10(8)13/h3,5-6,9,14H,2,4H2,1H3,(H,15,16). The lowest BCUT2D eigenvalue weighted by Crippen LogP contribution is -2.29. The lowest BCUT2D eigenvalue weighted by Gasteiger charge is -2.15.